The van der Waals surface area contributed by atoms with Crippen LogP contribution in [0.4, 0.5) is 0 Å². The van der Waals surface area contributed by atoms with Gasteiger partial charge in [0.15, 0.2) is 0 Å². The Bertz CT molecular complexity index is 216. The first kappa shape index (κ1) is 30.8. The molecule has 0 atom stereocenters. The molecular weight excluding hydrogens is 304 g/mol. The second-order valence-electron chi connectivity index (χ2n) is 4.42. The van der Waals surface area contributed by atoms with Gasteiger partial charge >= 0.3 is 11.9 Å². The van der Waals surface area contributed by atoms with Crippen molar-refractivity contribution < 1.29 is 19.1 Å². The van der Waals surface area contributed by atoms with Crippen molar-refractivity contribution in [1.82, 2.24) is 0 Å². The second-order valence-corrected chi connectivity index (χ2v) is 4.42. The number of ether oxygens (including phenoxy) is 2. The van der Waals surface area contributed by atoms with Crippen molar-refractivity contribution in [3.05, 3.63) is 0 Å². The third kappa shape index (κ3) is 25.9. The molecule has 2 aliphatic heterocycles. The summed E-state index contributed by atoms with van der Waals surface area (Å²) >= 11 is 0. The van der Waals surface area contributed by atoms with E-state index in [9.17, 15) is 9.59 Å². The third-order valence-corrected chi connectivity index (χ3v) is 2.83. The fourth-order valence-corrected chi connectivity index (χ4v) is 1.35. The predicted molar refractivity (Wildman–Crippen MR) is 104 cm³/mol. The van der Waals surface area contributed by atoms with E-state index in [0.717, 1.165) is 19.3 Å². The van der Waals surface area contributed by atoms with Gasteiger partial charge in [0.25, 0.3) is 0 Å². The van der Waals surface area contributed by atoms with Gasteiger partial charge in [0.05, 0.1) is 13.2 Å². The second kappa shape index (κ2) is 29.9. The van der Waals surface area contributed by atoms with Gasteiger partial charge < -0.3 is 9.47 Å². The van der Waals surface area contributed by atoms with Crippen molar-refractivity contribution in [2.75, 3.05) is 13.2 Å². The first-order valence-electron chi connectivity index (χ1n) is 9.60. The highest BCUT2D eigenvalue weighted by Crippen LogP contribution is 2.15. The van der Waals surface area contributed by atoms with E-state index in [0.29, 0.717) is 26.1 Å². The highest BCUT2D eigenvalue weighted by molar-refractivity contribution is 5.70. The Kier molecular flexibility index (Phi) is 38.3. The number of rotatable bonds is 0. The minimum atomic E-state index is -0.0463. The molecule has 4 nitrogen and oxygen atoms in total. The summed E-state index contributed by atoms with van der Waals surface area (Å²) in [7, 11) is 0. The van der Waals surface area contributed by atoms with Gasteiger partial charge in [-0.2, -0.15) is 0 Å². The summed E-state index contributed by atoms with van der Waals surface area (Å²) in [5, 5.41) is 0. The Morgan fingerprint density at radius 1 is 0.542 bits per heavy atom. The standard InChI is InChI=1S/C5H8O2.C4H6O2.C4H8.3C2H6.CH4/c6-5-3-1-2-4-7-5;5-4-2-1-3-6-4;1-2-4-3-1;3*1-2;/h1-4H2;1-3H2;1-4H2;3*1-2H3;1H4. The van der Waals surface area contributed by atoms with Crippen LogP contribution in [0.25, 0.3) is 0 Å². The van der Waals surface area contributed by atoms with Gasteiger partial charge in [-0.1, -0.05) is 74.7 Å². The summed E-state index contributed by atoms with van der Waals surface area (Å²) in [6.45, 7) is 13.3. The molecule has 1 aliphatic carbocycles. The SMILES string of the molecule is C.C1CCC1.CC.CC.CC.O=C1CCCCO1.O=C1CCCO1. The van der Waals surface area contributed by atoms with E-state index in [-0.39, 0.29) is 19.4 Å². The number of hydrogen-bond acceptors (Lipinski definition) is 4. The molecule has 3 rings (SSSR count). The predicted octanol–water partition coefficient (Wildman–Crippen LogP) is 6.31. The molecule has 0 amide bonds. The summed E-state index contributed by atoms with van der Waals surface area (Å²) in [6.07, 6.45) is 10.2. The molecule has 4 heteroatoms. The summed E-state index contributed by atoms with van der Waals surface area (Å²) in [5.74, 6) is -0.0822. The summed E-state index contributed by atoms with van der Waals surface area (Å²) in [4.78, 5) is 20.3. The average molecular weight is 349 g/mol. The quantitative estimate of drug-likeness (QED) is 0.481. The largest absolute Gasteiger partial charge is 0.466 e. The molecule has 0 aromatic heterocycles. The van der Waals surface area contributed by atoms with Crippen LogP contribution in [0.5, 0.6) is 0 Å². The van der Waals surface area contributed by atoms with Gasteiger partial charge in [-0.15, -0.1) is 0 Å². The summed E-state index contributed by atoms with van der Waals surface area (Å²) in [5.41, 5.74) is 0. The van der Waals surface area contributed by atoms with Crippen molar-refractivity contribution in [2.24, 2.45) is 0 Å². The lowest BCUT2D eigenvalue weighted by atomic mass is 10.0. The zero-order chi connectivity index (χ0) is 18.3. The maximum absolute atomic E-state index is 10.2. The number of cyclic esters (lactones) is 2. The molecular formula is C20H44O4. The molecule has 0 bridgehead atoms. The molecule has 2 saturated heterocycles. The lowest BCUT2D eigenvalue weighted by Crippen LogP contribution is -2.10. The zero-order valence-electron chi connectivity index (χ0n) is 16.4. The number of carbonyl (C=O) groups is 2. The number of carbonyl (C=O) groups excluding carboxylic acids is 2. The average Bonchev–Trinajstić information content (AvgIpc) is 3.04. The Morgan fingerprint density at radius 3 is 1.00 bits per heavy atom. The van der Waals surface area contributed by atoms with E-state index in [4.69, 9.17) is 0 Å². The Morgan fingerprint density at radius 2 is 0.875 bits per heavy atom. The van der Waals surface area contributed by atoms with E-state index in [1.807, 2.05) is 41.5 Å². The monoisotopic (exact) mass is 348 g/mol. The first-order valence-corrected chi connectivity index (χ1v) is 9.60. The minimum Gasteiger partial charge on any atom is -0.466 e. The number of hydrogen-bond donors (Lipinski definition) is 0. The van der Waals surface area contributed by atoms with Crippen LogP contribution in [0.2, 0.25) is 0 Å². The molecule has 0 radical (unpaired) electrons. The summed E-state index contributed by atoms with van der Waals surface area (Å²) in [6, 6.07) is 0. The van der Waals surface area contributed by atoms with Gasteiger partial charge in [-0.25, -0.2) is 0 Å². The maximum Gasteiger partial charge on any atom is 0.305 e. The number of esters is 2. The fraction of sp³-hybridized carbons (Fsp3) is 0.900. The van der Waals surface area contributed by atoms with Crippen LogP contribution in [0.1, 0.15) is 107 Å². The van der Waals surface area contributed by atoms with Crippen LogP contribution in [-0.2, 0) is 19.1 Å². The molecule has 148 valence electrons. The highest BCUT2D eigenvalue weighted by atomic mass is 16.5. The van der Waals surface area contributed by atoms with Crippen LogP contribution in [0.3, 0.4) is 0 Å². The maximum atomic E-state index is 10.2. The Labute approximate surface area is 151 Å². The lowest BCUT2D eigenvalue weighted by Gasteiger charge is -2.08. The Hall–Kier alpha value is -1.06. The van der Waals surface area contributed by atoms with Gasteiger partial charge in [0.1, 0.15) is 0 Å². The minimum absolute atomic E-state index is 0. The summed E-state index contributed by atoms with van der Waals surface area (Å²) < 4.78 is 9.15. The van der Waals surface area contributed by atoms with Gasteiger partial charge in [0.2, 0.25) is 0 Å². The topological polar surface area (TPSA) is 52.6 Å². The van der Waals surface area contributed by atoms with Gasteiger partial charge in [0, 0.05) is 12.8 Å². The van der Waals surface area contributed by atoms with E-state index in [2.05, 4.69) is 9.47 Å². The van der Waals surface area contributed by atoms with E-state index >= 15 is 0 Å². The lowest BCUT2D eigenvalue weighted by molar-refractivity contribution is -0.146. The van der Waals surface area contributed by atoms with Crippen LogP contribution in [0.15, 0.2) is 0 Å². The van der Waals surface area contributed by atoms with Crippen molar-refractivity contribution in [1.29, 1.82) is 0 Å². The first-order chi connectivity index (χ1) is 11.3. The molecule has 0 aromatic carbocycles. The van der Waals surface area contributed by atoms with Crippen molar-refractivity contribution >= 4 is 11.9 Å². The molecule has 0 unspecified atom stereocenters. The molecule has 1 saturated carbocycles. The molecule has 3 aliphatic rings. The smallest absolute Gasteiger partial charge is 0.305 e. The fourth-order valence-electron chi connectivity index (χ4n) is 1.35. The van der Waals surface area contributed by atoms with Crippen molar-refractivity contribution in [3.8, 4) is 0 Å². The molecule has 3 fully saturated rings. The Balaban J connectivity index is -0.000000108. The van der Waals surface area contributed by atoms with E-state index < -0.39 is 0 Å². The van der Waals surface area contributed by atoms with E-state index in [1.54, 1.807) is 0 Å². The van der Waals surface area contributed by atoms with Crippen LogP contribution in [0, 0.1) is 0 Å². The highest BCUT2D eigenvalue weighted by Gasteiger charge is 2.08. The molecule has 24 heavy (non-hydrogen) atoms. The molecule has 0 aromatic rings. The normalized spacial score (nSPS) is 16.2. The van der Waals surface area contributed by atoms with E-state index in [1.165, 1.54) is 25.7 Å². The van der Waals surface area contributed by atoms with Crippen LogP contribution >= 0.6 is 0 Å². The van der Waals surface area contributed by atoms with Crippen LogP contribution in [-0.4, -0.2) is 25.2 Å². The van der Waals surface area contributed by atoms with Gasteiger partial charge in [-0.05, 0) is 19.3 Å². The molecule has 2 heterocycles. The zero-order valence-corrected chi connectivity index (χ0v) is 16.4. The molecule has 0 spiro atoms. The third-order valence-electron chi connectivity index (χ3n) is 2.83. The van der Waals surface area contributed by atoms with Crippen LogP contribution < -0.4 is 0 Å². The molecule has 0 N–H and O–H groups in total. The van der Waals surface area contributed by atoms with Gasteiger partial charge in [-0.3, -0.25) is 9.59 Å². The van der Waals surface area contributed by atoms with Crippen molar-refractivity contribution in [2.45, 2.75) is 107 Å². The van der Waals surface area contributed by atoms with Crippen molar-refractivity contribution in [3.63, 3.8) is 0 Å².